The summed E-state index contributed by atoms with van der Waals surface area (Å²) in [7, 11) is 1.71. The topological polar surface area (TPSA) is 46.6 Å². The van der Waals surface area contributed by atoms with Gasteiger partial charge >= 0.3 is 0 Å². The quantitative estimate of drug-likeness (QED) is 0.748. The molecular weight excluding hydrogens is 338 g/mol. The van der Waals surface area contributed by atoms with Gasteiger partial charge in [0.25, 0.3) is 5.91 Å². The number of amides is 1. The molecule has 1 amide bonds. The van der Waals surface area contributed by atoms with Crippen LogP contribution in [-0.2, 0) is 4.74 Å². The molecule has 4 rings (SSSR count). The second-order valence-corrected chi connectivity index (χ2v) is 7.55. The molecule has 0 spiro atoms. The summed E-state index contributed by atoms with van der Waals surface area (Å²) >= 11 is 0. The van der Waals surface area contributed by atoms with Crippen LogP contribution >= 0.6 is 0 Å². The first-order valence-electron chi connectivity index (χ1n) is 9.72. The van der Waals surface area contributed by atoms with Gasteiger partial charge < -0.3 is 9.64 Å². The van der Waals surface area contributed by atoms with Crippen LogP contribution in [0.1, 0.15) is 46.4 Å². The molecule has 27 heavy (non-hydrogen) atoms. The van der Waals surface area contributed by atoms with Crippen molar-refractivity contribution in [1.82, 2.24) is 4.90 Å². The second kappa shape index (κ2) is 7.65. The maximum absolute atomic E-state index is 12.9. The molecule has 1 atom stereocenters. The second-order valence-electron chi connectivity index (χ2n) is 7.55. The first kappa shape index (κ1) is 17.9. The highest BCUT2D eigenvalue weighted by atomic mass is 16.5. The molecule has 140 valence electrons. The number of ether oxygens (including phenoxy) is 1. The van der Waals surface area contributed by atoms with Crippen molar-refractivity contribution in [2.24, 2.45) is 5.92 Å². The Labute approximate surface area is 160 Å². The highest BCUT2D eigenvalue weighted by Gasteiger charge is 2.30. The van der Waals surface area contributed by atoms with Crippen LogP contribution < -0.4 is 0 Å². The number of ketones is 1. The number of hydrogen-bond acceptors (Lipinski definition) is 3. The molecule has 1 heterocycles. The summed E-state index contributed by atoms with van der Waals surface area (Å²) in [4.78, 5) is 26.9. The highest BCUT2D eigenvalue weighted by molar-refractivity contribution is 6.00. The lowest BCUT2D eigenvalue weighted by Crippen LogP contribution is -2.42. The standard InChI is InChI=1S/C23H25NO3/c1-27-21-6-3-13-24(15-21)23(26)20-5-2-4-19(14-20)16-7-9-17(10-8-16)22(25)18-11-12-18/h2,4-5,7-10,14,18,21H,3,6,11-13,15H2,1H3. The van der Waals surface area contributed by atoms with Crippen LogP contribution in [-0.4, -0.2) is 42.9 Å². The Bertz CT molecular complexity index is 839. The number of benzene rings is 2. The lowest BCUT2D eigenvalue weighted by atomic mass is 9.99. The molecular formula is C23H25NO3. The van der Waals surface area contributed by atoms with Crippen LogP contribution in [0, 0.1) is 5.92 Å². The highest BCUT2D eigenvalue weighted by Crippen LogP contribution is 2.33. The molecule has 1 aliphatic heterocycles. The molecule has 1 unspecified atom stereocenters. The number of hydrogen-bond donors (Lipinski definition) is 0. The van der Waals surface area contributed by atoms with E-state index in [1.165, 1.54) is 0 Å². The minimum absolute atomic E-state index is 0.0548. The van der Waals surface area contributed by atoms with Crippen LogP contribution in [0.2, 0.25) is 0 Å². The number of piperidine rings is 1. The minimum atomic E-state index is 0.0548. The van der Waals surface area contributed by atoms with E-state index in [2.05, 4.69) is 0 Å². The van der Waals surface area contributed by atoms with Gasteiger partial charge in [0, 0.05) is 37.2 Å². The van der Waals surface area contributed by atoms with Gasteiger partial charge in [-0.3, -0.25) is 9.59 Å². The molecule has 2 aromatic rings. The Hall–Kier alpha value is -2.46. The molecule has 0 N–H and O–H groups in total. The minimum Gasteiger partial charge on any atom is -0.380 e. The molecule has 2 aromatic carbocycles. The summed E-state index contributed by atoms with van der Waals surface area (Å²) in [5.74, 6) is 0.541. The predicted molar refractivity (Wildman–Crippen MR) is 105 cm³/mol. The van der Waals surface area contributed by atoms with Crippen LogP contribution in [0.4, 0.5) is 0 Å². The zero-order valence-electron chi connectivity index (χ0n) is 15.7. The molecule has 4 heteroatoms. The average Bonchev–Trinajstić information content (AvgIpc) is 3.58. The summed E-state index contributed by atoms with van der Waals surface area (Å²) in [6.45, 7) is 1.43. The number of rotatable bonds is 5. The maximum Gasteiger partial charge on any atom is 0.253 e. The smallest absolute Gasteiger partial charge is 0.253 e. The number of methoxy groups -OCH3 is 1. The number of likely N-dealkylation sites (tertiary alicyclic amines) is 1. The first-order chi connectivity index (χ1) is 13.2. The van der Waals surface area contributed by atoms with Crippen LogP contribution in [0.5, 0.6) is 0 Å². The van der Waals surface area contributed by atoms with E-state index in [-0.39, 0.29) is 23.7 Å². The SMILES string of the molecule is COC1CCCN(C(=O)c2cccc(-c3ccc(C(=O)C4CC4)cc3)c2)C1. The van der Waals surface area contributed by atoms with Crippen LogP contribution in [0.15, 0.2) is 48.5 Å². The third-order valence-corrected chi connectivity index (χ3v) is 5.56. The zero-order chi connectivity index (χ0) is 18.8. The van der Waals surface area contributed by atoms with Gasteiger partial charge in [0.05, 0.1) is 6.10 Å². The normalized spacial score (nSPS) is 19.7. The fourth-order valence-electron chi connectivity index (χ4n) is 3.74. The van der Waals surface area contributed by atoms with Gasteiger partial charge in [-0.15, -0.1) is 0 Å². The third kappa shape index (κ3) is 3.96. The molecule has 4 nitrogen and oxygen atoms in total. The van der Waals surface area contributed by atoms with E-state index in [1.54, 1.807) is 7.11 Å². The number of Topliss-reactive ketones (excluding diaryl/α,β-unsaturated/α-hetero) is 1. The van der Waals surface area contributed by atoms with E-state index in [1.807, 2.05) is 53.4 Å². The van der Waals surface area contributed by atoms with Crippen molar-refractivity contribution in [2.75, 3.05) is 20.2 Å². The van der Waals surface area contributed by atoms with E-state index < -0.39 is 0 Å². The van der Waals surface area contributed by atoms with Gasteiger partial charge in [0.2, 0.25) is 0 Å². The maximum atomic E-state index is 12.9. The Morgan fingerprint density at radius 1 is 0.963 bits per heavy atom. The molecule has 1 saturated heterocycles. The largest absolute Gasteiger partial charge is 0.380 e. The molecule has 0 bridgehead atoms. The van der Waals surface area contributed by atoms with E-state index in [4.69, 9.17) is 4.74 Å². The summed E-state index contributed by atoms with van der Waals surface area (Å²) in [6, 6.07) is 15.5. The van der Waals surface area contributed by atoms with E-state index in [9.17, 15) is 9.59 Å². The fourth-order valence-corrected chi connectivity index (χ4v) is 3.74. The van der Waals surface area contributed by atoms with Gasteiger partial charge in [0.1, 0.15) is 0 Å². The van der Waals surface area contributed by atoms with Gasteiger partial charge in [-0.25, -0.2) is 0 Å². The van der Waals surface area contributed by atoms with Crippen molar-refractivity contribution >= 4 is 11.7 Å². The summed E-state index contributed by atoms with van der Waals surface area (Å²) in [5.41, 5.74) is 3.49. The summed E-state index contributed by atoms with van der Waals surface area (Å²) in [6.07, 6.45) is 4.14. The molecule has 2 aliphatic rings. The number of carbonyl (C=O) groups is 2. The lowest BCUT2D eigenvalue weighted by molar-refractivity contribution is 0.0269. The zero-order valence-corrected chi connectivity index (χ0v) is 15.7. The van der Waals surface area contributed by atoms with Crippen LogP contribution in [0.25, 0.3) is 11.1 Å². The van der Waals surface area contributed by atoms with Crippen LogP contribution in [0.3, 0.4) is 0 Å². The number of nitrogens with zero attached hydrogens (tertiary/aromatic N) is 1. The van der Waals surface area contributed by atoms with Crippen molar-refractivity contribution in [3.63, 3.8) is 0 Å². The van der Waals surface area contributed by atoms with E-state index in [0.717, 1.165) is 48.9 Å². The summed E-state index contributed by atoms with van der Waals surface area (Å²) < 4.78 is 5.43. The van der Waals surface area contributed by atoms with Crippen molar-refractivity contribution in [2.45, 2.75) is 31.8 Å². The summed E-state index contributed by atoms with van der Waals surface area (Å²) in [5, 5.41) is 0. The number of carbonyl (C=O) groups excluding carboxylic acids is 2. The van der Waals surface area contributed by atoms with Gasteiger partial charge in [-0.05, 0) is 48.9 Å². The fraction of sp³-hybridized carbons (Fsp3) is 0.391. The Morgan fingerprint density at radius 3 is 2.44 bits per heavy atom. The Morgan fingerprint density at radius 2 is 1.74 bits per heavy atom. The average molecular weight is 363 g/mol. The van der Waals surface area contributed by atoms with Gasteiger partial charge in [-0.2, -0.15) is 0 Å². The van der Waals surface area contributed by atoms with Crippen molar-refractivity contribution < 1.29 is 14.3 Å². The van der Waals surface area contributed by atoms with Crippen molar-refractivity contribution in [3.05, 3.63) is 59.7 Å². The Balaban J connectivity index is 1.51. The van der Waals surface area contributed by atoms with Crippen molar-refractivity contribution in [1.29, 1.82) is 0 Å². The van der Waals surface area contributed by atoms with Gasteiger partial charge in [0.15, 0.2) is 5.78 Å². The van der Waals surface area contributed by atoms with Gasteiger partial charge in [-0.1, -0.05) is 36.4 Å². The molecule has 2 fully saturated rings. The van der Waals surface area contributed by atoms with E-state index in [0.29, 0.717) is 12.1 Å². The van der Waals surface area contributed by atoms with Crippen molar-refractivity contribution in [3.8, 4) is 11.1 Å². The lowest BCUT2D eigenvalue weighted by Gasteiger charge is -2.32. The molecule has 0 radical (unpaired) electrons. The van der Waals surface area contributed by atoms with E-state index >= 15 is 0 Å². The Kier molecular flexibility index (Phi) is 5.08. The molecule has 0 aromatic heterocycles. The first-order valence-corrected chi connectivity index (χ1v) is 9.72. The predicted octanol–water partition coefficient (Wildman–Crippen LogP) is 4.20. The monoisotopic (exact) mass is 363 g/mol. The molecule has 1 saturated carbocycles. The molecule has 1 aliphatic carbocycles. The third-order valence-electron chi connectivity index (χ3n) is 5.56.